The molecule has 1 aliphatic heterocycles. The van der Waals surface area contributed by atoms with Crippen LogP contribution in [-0.2, 0) is 9.84 Å². The number of unbranched alkanes of at least 4 members (excludes halogenated alkanes) is 1. The topological polar surface area (TPSA) is 54.5 Å². The Morgan fingerprint density at radius 1 is 1.41 bits per heavy atom. The van der Waals surface area contributed by atoms with Gasteiger partial charge in [-0.25, -0.2) is 8.42 Å². The van der Waals surface area contributed by atoms with Crippen molar-refractivity contribution < 1.29 is 13.2 Å². The smallest absolute Gasteiger partial charge is 0.254 e. The average molecular weight is 344 g/mol. The Bertz CT molecular complexity index is 657. The van der Waals surface area contributed by atoms with E-state index >= 15 is 0 Å². The highest BCUT2D eigenvalue weighted by Gasteiger charge is 2.35. The van der Waals surface area contributed by atoms with Gasteiger partial charge in [0.2, 0.25) is 0 Å². The fraction of sp³-hybridized carbons (Fsp3) is 0.562. The van der Waals surface area contributed by atoms with Crippen molar-refractivity contribution in [1.82, 2.24) is 4.90 Å². The first-order valence-electron chi connectivity index (χ1n) is 7.62. The number of rotatable bonds is 5. The van der Waals surface area contributed by atoms with E-state index in [0.29, 0.717) is 23.6 Å². The van der Waals surface area contributed by atoms with Gasteiger partial charge in [-0.2, -0.15) is 0 Å². The summed E-state index contributed by atoms with van der Waals surface area (Å²) in [6.45, 7) is 4.46. The molecule has 2 rings (SSSR count). The van der Waals surface area contributed by atoms with Crippen molar-refractivity contribution in [1.29, 1.82) is 0 Å². The molecule has 1 aromatic rings. The molecule has 22 heavy (non-hydrogen) atoms. The number of carbonyl (C=O) groups is 1. The molecule has 1 atom stereocenters. The molecule has 122 valence electrons. The molecule has 4 nitrogen and oxygen atoms in total. The number of carbonyl (C=O) groups excluding carboxylic acids is 1. The lowest BCUT2D eigenvalue weighted by molar-refractivity contribution is 0.0693. The third-order valence-corrected chi connectivity index (χ3v) is 6.32. The zero-order valence-electron chi connectivity index (χ0n) is 13.0. The van der Waals surface area contributed by atoms with Crippen molar-refractivity contribution in [2.24, 2.45) is 0 Å². The Morgan fingerprint density at radius 2 is 2.14 bits per heavy atom. The summed E-state index contributed by atoms with van der Waals surface area (Å²) in [5, 5.41) is 0.556. The lowest BCUT2D eigenvalue weighted by Crippen LogP contribution is -2.42. The molecule has 0 saturated carbocycles. The second-order valence-corrected chi connectivity index (χ2v) is 8.46. The van der Waals surface area contributed by atoms with Crippen LogP contribution in [0.15, 0.2) is 18.2 Å². The molecule has 0 aliphatic carbocycles. The number of nitrogens with zero attached hydrogens (tertiary/aromatic N) is 1. The quantitative estimate of drug-likeness (QED) is 0.825. The van der Waals surface area contributed by atoms with Gasteiger partial charge in [0.25, 0.3) is 5.91 Å². The normalized spacial score (nSPS) is 20.0. The zero-order chi connectivity index (χ0) is 16.3. The summed E-state index contributed by atoms with van der Waals surface area (Å²) in [6.07, 6.45) is 2.34. The SMILES string of the molecule is CCCCN(C(=O)c1cccc(Cl)c1C)C1CCS(=O)(=O)C1. The van der Waals surface area contributed by atoms with E-state index in [1.165, 1.54) is 0 Å². The van der Waals surface area contributed by atoms with Crippen molar-refractivity contribution in [3.8, 4) is 0 Å². The highest BCUT2D eigenvalue weighted by molar-refractivity contribution is 7.91. The third-order valence-electron chi connectivity index (χ3n) is 4.16. The van der Waals surface area contributed by atoms with Crippen LogP contribution in [0.3, 0.4) is 0 Å². The molecule has 0 aromatic heterocycles. The fourth-order valence-electron chi connectivity index (χ4n) is 2.79. The van der Waals surface area contributed by atoms with E-state index in [-0.39, 0.29) is 23.5 Å². The molecule has 1 saturated heterocycles. The molecule has 1 amide bonds. The average Bonchev–Trinajstić information content (AvgIpc) is 2.82. The van der Waals surface area contributed by atoms with Gasteiger partial charge in [-0.05, 0) is 37.5 Å². The lowest BCUT2D eigenvalue weighted by Gasteiger charge is -2.29. The highest BCUT2D eigenvalue weighted by atomic mass is 35.5. The maximum absolute atomic E-state index is 12.9. The predicted octanol–water partition coefficient (Wildman–Crippen LogP) is 3.08. The van der Waals surface area contributed by atoms with Crippen LogP contribution in [0.25, 0.3) is 0 Å². The van der Waals surface area contributed by atoms with Crippen molar-refractivity contribution in [2.45, 2.75) is 39.2 Å². The molecule has 1 aromatic carbocycles. The van der Waals surface area contributed by atoms with Gasteiger partial charge in [-0.1, -0.05) is 31.0 Å². The summed E-state index contributed by atoms with van der Waals surface area (Å²) < 4.78 is 23.5. The molecule has 6 heteroatoms. The first kappa shape index (κ1) is 17.3. The minimum Gasteiger partial charge on any atom is -0.335 e. The number of hydrogen-bond acceptors (Lipinski definition) is 3. The lowest BCUT2D eigenvalue weighted by atomic mass is 10.1. The van der Waals surface area contributed by atoms with Gasteiger partial charge in [-0.3, -0.25) is 4.79 Å². The van der Waals surface area contributed by atoms with Crippen LogP contribution in [0.4, 0.5) is 0 Å². The van der Waals surface area contributed by atoms with E-state index in [4.69, 9.17) is 11.6 Å². The number of hydrogen-bond donors (Lipinski definition) is 0. The van der Waals surface area contributed by atoms with E-state index in [2.05, 4.69) is 6.92 Å². The Labute approximate surface area is 137 Å². The third kappa shape index (κ3) is 3.82. The van der Waals surface area contributed by atoms with Crippen molar-refractivity contribution in [2.75, 3.05) is 18.1 Å². The van der Waals surface area contributed by atoms with Crippen LogP contribution < -0.4 is 0 Å². The maximum Gasteiger partial charge on any atom is 0.254 e. The monoisotopic (exact) mass is 343 g/mol. The Hall–Kier alpha value is -1.07. The largest absolute Gasteiger partial charge is 0.335 e. The molecule has 1 fully saturated rings. The van der Waals surface area contributed by atoms with Gasteiger partial charge >= 0.3 is 0 Å². The van der Waals surface area contributed by atoms with Crippen LogP contribution in [0.5, 0.6) is 0 Å². The summed E-state index contributed by atoms with van der Waals surface area (Å²) >= 11 is 6.11. The molecular formula is C16H22ClNO3S. The minimum atomic E-state index is -3.02. The van der Waals surface area contributed by atoms with E-state index < -0.39 is 9.84 Å². The standard InChI is InChI=1S/C16H22ClNO3S/c1-3-4-9-18(13-8-10-22(20,21)11-13)16(19)14-6-5-7-15(17)12(14)2/h5-7,13H,3-4,8-11H2,1-2H3. The van der Waals surface area contributed by atoms with Crippen molar-refractivity contribution in [3.63, 3.8) is 0 Å². The van der Waals surface area contributed by atoms with Gasteiger partial charge in [0.1, 0.15) is 0 Å². The Morgan fingerprint density at radius 3 is 2.73 bits per heavy atom. The van der Waals surface area contributed by atoms with Crippen LogP contribution >= 0.6 is 11.6 Å². The molecule has 0 bridgehead atoms. The Kier molecular flexibility index (Phi) is 5.50. The number of amides is 1. The fourth-order valence-corrected chi connectivity index (χ4v) is 4.70. The second-order valence-electron chi connectivity index (χ2n) is 5.82. The van der Waals surface area contributed by atoms with E-state index in [1.807, 2.05) is 6.92 Å². The van der Waals surface area contributed by atoms with Gasteiger partial charge < -0.3 is 4.90 Å². The second kappa shape index (κ2) is 7.01. The number of benzene rings is 1. The molecule has 1 heterocycles. The highest BCUT2D eigenvalue weighted by Crippen LogP contribution is 2.24. The number of halogens is 1. The summed E-state index contributed by atoms with van der Waals surface area (Å²) in [4.78, 5) is 14.6. The van der Waals surface area contributed by atoms with E-state index in [1.54, 1.807) is 23.1 Å². The first-order valence-corrected chi connectivity index (χ1v) is 9.82. The summed E-state index contributed by atoms with van der Waals surface area (Å²) in [6, 6.07) is 5.05. The predicted molar refractivity (Wildman–Crippen MR) is 89.2 cm³/mol. The first-order chi connectivity index (χ1) is 10.4. The Balaban J connectivity index is 2.29. The molecule has 0 radical (unpaired) electrons. The molecular weight excluding hydrogens is 322 g/mol. The molecule has 0 spiro atoms. The molecule has 0 N–H and O–H groups in total. The molecule has 1 unspecified atom stereocenters. The summed E-state index contributed by atoms with van der Waals surface area (Å²) in [5.41, 5.74) is 1.31. The van der Waals surface area contributed by atoms with Crippen LogP contribution in [0, 0.1) is 6.92 Å². The minimum absolute atomic E-state index is 0.0715. The van der Waals surface area contributed by atoms with Gasteiger partial charge in [0.15, 0.2) is 9.84 Å². The van der Waals surface area contributed by atoms with E-state index in [0.717, 1.165) is 18.4 Å². The van der Waals surface area contributed by atoms with Gasteiger partial charge in [-0.15, -0.1) is 0 Å². The maximum atomic E-state index is 12.9. The van der Waals surface area contributed by atoms with Crippen LogP contribution in [-0.4, -0.2) is 43.3 Å². The molecule has 1 aliphatic rings. The van der Waals surface area contributed by atoms with E-state index in [9.17, 15) is 13.2 Å². The van der Waals surface area contributed by atoms with Gasteiger partial charge in [0.05, 0.1) is 11.5 Å². The van der Waals surface area contributed by atoms with Crippen LogP contribution in [0.1, 0.15) is 42.1 Å². The number of sulfone groups is 1. The summed E-state index contributed by atoms with van der Waals surface area (Å²) in [5.74, 6) is 0.125. The van der Waals surface area contributed by atoms with Crippen molar-refractivity contribution >= 4 is 27.3 Å². The van der Waals surface area contributed by atoms with Crippen LogP contribution in [0.2, 0.25) is 5.02 Å². The van der Waals surface area contributed by atoms with Crippen molar-refractivity contribution in [3.05, 3.63) is 34.3 Å². The summed E-state index contributed by atoms with van der Waals surface area (Å²) in [7, 11) is -3.02. The zero-order valence-corrected chi connectivity index (χ0v) is 14.6. The van der Waals surface area contributed by atoms with Gasteiger partial charge in [0, 0.05) is 23.2 Å².